The summed E-state index contributed by atoms with van der Waals surface area (Å²) >= 11 is 3.30. The molecule has 0 aliphatic carbocycles. The van der Waals surface area contributed by atoms with Crippen molar-refractivity contribution in [3.05, 3.63) is 35.7 Å². The third-order valence-corrected chi connectivity index (χ3v) is 5.41. The SMILES string of the molecule is [CH2]CC(CCC)N(C)S(=O)(=O)c1ccc(Br)cc1. The second-order valence-electron chi connectivity index (χ2n) is 4.21. The van der Waals surface area contributed by atoms with Crippen LogP contribution in [0.2, 0.25) is 0 Å². The summed E-state index contributed by atoms with van der Waals surface area (Å²) in [5.41, 5.74) is 0. The Morgan fingerprint density at radius 3 is 2.33 bits per heavy atom. The molecule has 0 N–H and O–H groups in total. The number of benzene rings is 1. The summed E-state index contributed by atoms with van der Waals surface area (Å²) in [6, 6.07) is 6.66. The van der Waals surface area contributed by atoms with Gasteiger partial charge in [-0.05, 0) is 37.1 Å². The summed E-state index contributed by atoms with van der Waals surface area (Å²) in [6.07, 6.45) is 2.36. The van der Waals surface area contributed by atoms with Gasteiger partial charge in [-0.15, -0.1) is 0 Å². The maximum atomic E-state index is 12.4. The molecule has 18 heavy (non-hydrogen) atoms. The van der Waals surface area contributed by atoms with Gasteiger partial charge in [0.05, 0.1) is 4.90 Å². The van der Waals surface area contributed by atoms with Crippen LogP contribution in [-0.4, -0.2) is 25.8 Å². The second-order valence-corrected chi connectivity index (χ2v) is 7.12. The summed E-state index contributed by atoms with van der Waals surface area (Å²) in [5.74, 6) is 0. The molecule has 0 aliphatic rings. The van der Waals surface area contributed by atoms with Crippen molar-refractivity contribution >= 4 is 26.0 Å². The quantitative estimate of drug-likeness (QED) is 0.799. The van der Waals surface area contributed by atoms with E-state index in [-0.39, 0.29) is 6.04 Å². The van der Waals surface area contributed by atoms with Gasteiger partial charge in [0.1, 0.15) is 0 Å². The summed E-state index contributed by atoms with van der Waals surface area (Å²) in [6.45, 7) is 5.88. The fourth-order valence-electron chi connectivity index (χ4n) is 1.81. The van der Waals surface area contributed by atoms with Crippen molar-refractivity contribution in [3.8, 4) is 0 Å². The fraction of sp³-hybridized carbons (Fsp3) is 0.462. The van der Waals surface area contributed by atoms with Crippen LogP contribution in [0.3, 0.4) is 0 Å². The van der Waals surface area contributed by atoms with Crippen LogP contribution in [0.25, 0.3) is 0 Å². The lowest BCUT2D eigenvalue weighted by atomic mass is 10.1. The molecule has 3 nitrogen and oxygen atoms in total. The van der Waals surface area contributed by atoms with E-state index in [1.165, 1.54) is 4.31 Å². The first kappa shape index (κ1) is 15.7. The number of halogens is 1. The maximum absolute atomic E-state index is 12.4. The van der Waals surface area contributed by atoms with Gasteiger partial charge in [0, 0.05) is 17.6 Å². The molecule has 0 bridgehead atoms. The smallest absolute Gasteiger partial charge is 0.207 e. The van der Waals surface area contributed by atoms with Crippen LogP contribution in [-0.2, 0) is 10.0 Å². The summed E-state index contributed by atoms with van der Waals surface area (Å²) in [4.78, 5) is 0.322. The van der Waals surface area contributed by atoms with Crippen molar-refractivity contribution in [2.45, 2.75) is 37.1 Å². The first-order valence-electron chi connectivity index (χ1n) is 5.96. The van der Waals surface area contributed by atoms with E-state index in [9.17, 15) is 8.42 Å². The molecule has 0 spiro atoms. The van der Waals surface area contributed by atoms with Crippen molar-refractivity contribution in [2.75, 3.05) is 7.05 Å². The van der Waals surface area contributed by atoms with E-state index in [1.807, 2.05) is 6.92 Å². The lowest BCUT2D eigenvalue weighted by Gasteiger charge is -2.26. The van der Waals surface area contributed by atoms with Crippen LogP contribution in [0.4, 0.5) is 0 Å². The first-order valence-corrected chi connectivity index (χ1v) is 8.19. The zero-order chi connectivity index (χ0) is 13.8. The monoisotopic (exact) mass is 332 g/mol. The van der Waals surface area contributed by atoms with E-state index in [2.05, 4.69) is 22.9 Å². The molecule has 0 aromatic heterocycles. The Hall–Kier alpha value is -0.390. The Kier molecular flexibility index (Phi) is 5.82. The van der Waals surface area contributed by atoms with Gasteiger partial charge in [0.15, 0.2) is 0 Å². The zero-order valence-corrected chi connectivity index (χ0v) is 13.2. The van der Waals surface area contributed by atoms with E-state index in [4.69, 9.17) is 0 Å². The lowest BCUT2D eigenvalue weighted by molar-refractivity contribution is 0.347. The largest absolute Gasteiger partial charge is 0.243 e. The highest BCUT2D eigenvalue weighted by atomic mass is 79.9. The van der Waals surface area contributed by atoms with Crippen molar-refractivity contribution in [1.29, 1.82) is 0 Å². The molecule has 5 heteroatoms. The second kappa shape index (κ2) is 6.68. The van der Waals surface area contributed by atoms with E-state index >= 15 is 0 Å². The third-order valence-electron chi connectivity index (χ3n) is 2.96. The average molecular weight is 333 g/mol. The molecule has 0 heterocycles. The molecule has 1 atom stereocenters. The van der Waals surface area contributed by atoms with Crippen molar-refractivity contribution < 1.29 is 8.42 Å². The van der Waals surface area contributed by atoms with E-state index in [0.717, 1.165) is 17.3 Å². The molecule has 0 amide bonds. The van der Waals surface area contributed by atoms with Gasteiger partial charge in [-0.1, -0.05) is 36.2 Å². The molecule has 0 saturated carbocycles. The van der Waals surface area contributed by atoms with Crippen LogP contribution >= 0.6 is 15.9 Å². The third kappa shape index (κ3) is 3.56. The van der Waals surface area contributed by atoms with Gasteiger partial charge in [0.2, 0.25) is 10.0 Å². The standard InChI is InChI=1S/C13H19BrNO2S/c1-4-6-12(5-2)15(3)18(16,17)13-9-7-11(14)8-10-13/h7-10,12H,2,4-6H2,1,3H3. The lowest BCUT2D eigenvalue weighted by Crippen LogP contribution is -2.36. The minimum atomic E-state index is -3.42. The number of nitrogens with zero attached hydrogens (tertiary/aromatic N) is 1. The Bertz CT molecular complexity index is 470. The van der Waals surface area contributed by atoms with E-state index < -0.39 is 10.0 Å². The highest BCUT2D eigenvalue weighted by molar-refractivity contribution is 9.10. The zero-order valence-electron chi connectivity index (χ0n) is 10.8. The van der Waals surface area contributed by atoms with Gasteiger partial charge < -0.3 is 0 Å². The van der Waals surface area contributed by atoms with E-state index in [0.29, 0.717) is 11.3 Å². The number of rotatable bonds is 6. The highest BCUT2D eigenvalue weighted by Crippen LogP contribution is 2.21. The molecule has 1 unspecified atom stereocenters. The van der Waals surface area contributed by atoms with Crippen molar-refractivity contribution in [3.63, 3.8) is 0 Å². The molecule has 1 radical (unpaired) electrons. The number of hydrogen-bond acceptors (Lipinski definition) is 2. The molecule has 0 fully saturated rings. The van der Waals surface area contributed by atoms with Crippen LogP contribution in [0.15, 0.2) is 33.6 Å². The van der Waals surface area contributed by atoms with Gasteiger partial charge >= 0.3 is 0 Å². The summed E-state index contributed by atoms with van der Waals surface area (Å²) < 4.78 is 27.1. The van der Waals surface area contributed by atoms with Crippen LogP contribution in [0.5, 0.6) is 0 Å². The molecular formula is C13H19BrNO2S. The van der Waals surface area contributed by atoms with Crippen molar-refractivity contribution in [1.82, 2.24) is 4.31 Å². The topological polar surface area (TPSA) is 37.4 Å². The number of hydrogen-bond donors (Lipinski definition) is 0. The predicted octanol–water partition coefficient (Wildman–Crippen LogP) is 3.46. The maximum Gasteiger partial charge on any atom is 0.243 e. The molecule has 101 valence electrons. The molecule has 1 rings (SSSR count). The molecule has 1 aromatic rings. The fourth-order valence-corrected chi connectivity index (χ4v) is 3.49. The van der Waals surface area contributed by atoms with Crippen molar-refractivity contribution in [2.24, 2.45) is 0 Å². The summed E-state index contributed by atoms with van der Waals surface area (Å²) in [7, 11) is -1.79. The molecule has 0 saturated heterocycles. The predicted molar refractivity (Wildman–Crippen MR) is 77.8 cm³/mol. The first-order chi connectivity index (χ1) is 8.43. The molecule has 1 aromatic carbocycles. The van der Waals surface area contributed by atoms with Gasteiger partial charge in [-0.25, -0.2) is 8.42 Å². The Balaban J connectivity index is 3.01. The molecule has 0 aliphatic heterocycles. The number of sulfonamides is 1. The van der Waals surface area contributed by atoms with Crippen LogP contribution < -0.4 is 0 Å². The minimum Gasteiger partial charge on any atom is -0.207 e. The molecular weight excluding hydrogens is 314 g/mol. The Morgan fingerprint density at radius 2 is 1.89 bits per heavy atom. The minimum absolute atomic E-state index is 0.0383. The van der Waals surface area contributed by atoms with Gasteiger partial charge in [-0.2, -0.15) is 4.31 Å². The van der Waals surface area contributed by atoms with Gasteiger partial charge in [-0.3, -0.25) is 0 Å². The summed E-state index contributed by atoms with van der Waals surface area (Å²) in [5, 5.41) is 0. The van der Waals surface area contributed by atoms with Crippen LogP contribution in [0, 0.1) is 6.92 Å². The van der Waals surface area contributed by atoms with Crippen LogP contribution in [0.1, 0.15) is 26.2 Å². The van der Waals surface area contributed by atoms with Gasteiger partial charge in [0.25, 0.3) is 0 Å². The average Bonchev–Trinajstić information content (AvgIpc) is 2.35. The normalized spacial score (nSPS) is 13.8. The Labute approximate surface area is 118 Å². The highest BCUT2D eigenvalue weighted by Gasteiger charge is 2.26. The van der Waals surface area contributed by atoms with E-state index in [1.54, 1.807) is 31.3 Å². The Morgan fingerprint density at radius 1 is 1.33 bits per heavy atom.